The Morgan fingerprint density at radius 3 is 2.87 bits per heavy atom. The van der Waals surface area contributed by atoms with E-state index in [-0.39, 0.29) is 18.4 Å². The van der Waals surface area contributed by atoms with Gasteiger partial charge < -0.3 is 35.2 Å². The standard InChI is InChI=1S/C23H37N3O5/c1-2-3-7-24-18-13-19(22-21(14-18)30-11-5-12-31-22)23(29)25-15-17-6-9-26(8-4-10-27)16-20(17)28/h13-14,17,20,24,27-28H,2-12,15-16H2,1H3,(H,25,29)/t17-,20?/m0/s1. The van der Waals surface area contributed by atoms with E-state index in [1.165, 1.54) is 0 Å². The molecule has 1 fully saturated rings. The van der Waals surface area contributed by atoms with Gasteiger partial charge in [0.2, 0.25) is 0 Å². The Bertz CT molecular complexity index is 715. The molecular formula is C23H37N3O5. The zero-order valence-electron chi connectivity index (χ0n) is 18.6. The van der Waals surface area contributed by atoms with E-state index in [2.05, 4.69) is 22.5 Å². The van der Waals surface area contributed by atoms with E-state index in [4.69, 9.17) is 14.6 Å². The number of aliphatic hydroxyl groups excluding tert-OH is 2. The summed E-state index contributed by atoms with van der Waals surface area (Å²) in [7, 11) is 0. The molecule has 1 amide bonds. The molecule has 0 bridgehead atoms. The van der Waals surface area contributed by atoms with Crippen molar-refractivity contribution in [3.63, 3.8) is 0 Å². The molecule has 2 aliphatic rings. The number of hydrogen-bond acceptors (Lipinski definition) is 7. The van der Waals surface area contributed by atoms with E-state index in [1.807, 2.05) is 12.1 Å². The Labute approximate surface area is 184 Å². The Balaban J connectivity index is 1.64. The summed E-state index contributed by atoms with van der Waals surface area (Å²) in [5.74, 6) is 0.892. The highest BCUT2D eigenvalue weighted by molar-refractivity contribution is 5.99. The fourth-order valence-corrected chi connectivity index (χ4v) is 4.05. The lowest BCUT2D eigenvalue weighted by Crippen LogP contribution is -2.48. The molecule has 1 saturated heterocycles. The quantitative estimate of drug-likeness (QED) is 0.416. The van der Waals surface area contributed by atoms with Crippen LogP contribution in [0.15, 0.2) is 12.1 Å². The molecule has 4 N–H and O–H groups in total. The van der Waals surface area contributed by atoms with Crippen LogP contribution in [0, 0.1) is 5.92 Å². The summed E-state index contributed by atoms with van der Waals surface area (Å²) in [6, 6.07) is 3.73. The van der Waals surface area contributed by atoms with Crippen LogP contribution in [0.1, 0.15) is 49.4 Å². The average Bonchev–Trinajstić information content (AvgIpc) is 3.02. The molecule has 1 unspecified atom stereocenters. The van der Waals surface area contributed by atoms with Crippen LogP contribution in [0.4, 0.5) is 5.69 Å². The normalized spacial score (nSPS) is 21.4. The van der Waals surface area contributed by atoms with Gasteiger partial charge >= 0.3 is 0 Å². The van der Waals surface area contributed by atoms with Gasteiger partial charge in [-0.3, -0.25) is 4.79 Å². The number of ether oxygens (including phenoxy) is 2. The monoisotopic (exact) mass is 435 g/mol. The fourth-order valence-electron chi connectivity index (χ4n) is 4.05. The molecule has 31 heavy (non-hydrogen) atoms. The number of β-amino-alcohol motifs (C(OH)–C–C–N with tert-alkyl or cyclic N) is 1. The zero-order chi connectivity index (χ0) is 22.1. The van der Waals surface area contributed by atoms with Crippen LogP contribution < -0.4 is 20.1 Å². The molecule has 1 aromatic carbocycles. The predicted molar refractivity (Wildman–Crippen MR) is 120 cm³/mol. The summed E-state index contributed by atoms with van der Waals surface area (Å²) in [5.41, 5.74) is 1.31. The molecule has 2 heterocycles. The number of amides is 1. The number of nitrogens with zero attached hydrogens (tertiary/aromatic N) is 1. The maximum atomic E-state index is 13.1. The molecule has 0 radical (unpaired) electrons. The van der Waals surface area contributed by atoms with Crippen molar-refractivity contribution in [3.8, 4) is 11.5 Å². The molecule has 0 spiro atoms. The minimum Gasteiger partial charge on any atom is -0.489 e. The number of unbranched alkanes of at least 4 members (excludes halogenated alkanes) is 1. The number of likely N-dealkylation sites (tertiary alicyclic amines) is 1. The van der Waals surface area contributed by atoms with Gasteiger partial charge in [0.25, 0.3) is 5.91 Å². The molecule has 8 heteroatoms. The first-order valence-corrected chi connectivity index (χ1v) is 11.6. The highest BCUT2D eigenvalue weighted by Gasteiger charge is 2.28. The smallest absolute Gasteiger partial charge is 0.255 e. The van der Waals surface area contributed by atoms with E-state index in [9.17, 15) is 9.90 Å². The van der Waals surface area contributed by atoms with Gasteiger partial charge in [-0.05, 0) is 31.9 Å². The Morgan fingerprint density at radius 2 is 2.10 bits per heavy atom. The van der Waals surface area contributed by atoms with Crippen molar-refractivity contribution in [2.75, 3.05) is 57.9 Å². The van der Waals surface area contributed by atoms with Crippen molar-refractivity contribution in [1.29, 1.82) is 0 Å². The van der Waals surface area contributed by atoms with Gasteiger partial charge in [0.1, 0.15) is 0 Å². The van der Waals surface area contributed by atoms with Crippen molar-refractivity contribution in [3.05, 3.63) is 17.7 Å². The maximum absolute atomic E-state index is 13.1. The average molecular weight is 436 g/mol. The van der Waals surface area contributed by atoms with Gasteiger partial charge in [0.15, 0.2) is 11.5 Å². The number of carbonyl (C=O) groups is 1. The molecule has 1 aromatic rings. The lowest BCUT2D eigenvalue weighted by atomic mass is 9.93. The minimum atomic E-state index is -0.494. The molecule has 2 atom stereocenters. The van der Waals surface area contributed by atoms with Crippen molar-refractivity contribution < 1.29 is 24.5 Å². The number of aliphatic hydroxyl groups is 2. The largest absolute Gasteiger partial charge is 0.489 e. The number of benzene rings is 1. The number of anilines is 1. The van der Waals surface area contributed by atoms with E-state index < -0.39 is 6.10 Å². The second kappa shape index (κ2) is 12.1. The van der Waals surface area contributed by atoms with Gasteiger partial charge in [0, 0.05) is 56.9 Å². The fraction of sp³-hybridized carbons (Fsp3) is 0.696. The number of piperidine rings is 1. The lowest BCUT2D eigenvalue weighted by molar-refractivity contribution is 0.0201. The first-order valence-electron chi connectivity index (χ1n) is 11.6. The summed E-state index contributed by atoms with van der Waals surface area (Å²) in [5, 5.41) is 25.9. The molecule has 174 valence electrons. The third-order valence-electron chi connectivity index (χ3n) is 5.91. The summed E-state index contributed by atoms with van der Waals surface area (Å²) in [6.07, 6.45) is 3.94. The minimum absolute atomic E-state index is 0.0101. The summed E-state index contributed by atoms with van der Waals surface area (Å²) in [6.45, 7) is 6.84. The maximum Gasteiger partial charge on any atom is 0.255 e. The van der Waals surface area contributed by atoms with Crippen LogP contribution in [-0.2, 0) is 0 Å². The van der Waals surface area contributed by atoms with E-state index >= 15 is 0 Å². The zero-order valence-corrected chi connectivity index (χ0v) is 18.6. The third kappa shape index (κ3) is 6.72. The Morgan fingerprint density at radius 1 is 1.26 bits per heavy atom. The van der Waals surface area contributed by atoms with Crippen LogP contribution >= 0.6 is 0 Å². The topological polar surface area (TPSA) is 103 Å². The van der Waals surface area contributed by atoms with Crippen LogP contribution in [0.3, 0.4) is 0 Å². The van der Waals surface area contributed by atoms with Gasteiger partial charge in [-0.25, -0.2) is 0 Å². The SMILES string of the molecule is CCCCNc1cc2c(c(C(=O)NC[C@@H]3CCN(CCCO)CC3O)c1)OCCCO2. The number of carbonyl (C=O) groups excluding carboxylic acids is 1. The third-order valence-corrected chi connectivity index (χ3v) is 5.91. The number of nitrogens with one attached hydrogen (secondary N) is 2. The number of rotatable bonds is 10. The molecule has 0 saturated carbocycles. The van der Waals surface area contributed by atoms with Crippen molar-refractivity contribution in [2.24, 2.45) is 5.92 Å². The molecule has 0 aromatic heterocycles. The van der Waals surface area contributed by atoms with E-state index in [1.54, 1.807) is 0 Å². The number of fused-ring (bicyclic) bond motifs is 1. The summed E-state index contributed by atoms with van der Waals surface area (Å²) >= 11 is 0. The van der Waals surface area contributed by atoms with Gasteiger partial charge in [-0.2, -0.15) is 0 Å². The Hall–Kier alpha value is -2.03. The molecular weight excluding hydrogens is 398 g/mol. The van der Waals surface area contributed by atoms with Crippen molar-refractivity contribution >= 4 is 11.6 Å². The lowest BCUT2D eigenvalue weighted by Gasteiger charge is -2.36. The molecule has 8 nitrogen and oxygen atoms in total. The predicted octanol–water partition coefficient (Wildman–Crippen LogP) is 1.85. The van der Waals surface area contributed by atoms with Crippen molar-refractivity contribution in [1.82, 2.24) is 10.2 Å². The molecule has 0 aliphatic carbocycles. The first kappa shape index (κ1) is 23.6. The highest BCUT2D eigenvalue weighted by atomic mass is 16.5. The van der Waals surface area contributed by atoms with Gasteiger partial charge in [-0.1, -0.05) is 13.3 Å². The van der Waals surface area contributed by atoms with Crippen LogP contribution in [0.2, 0.25) is 0 Å². The van der Waals surface area contributed by atoms with Gasteiger partial charge in [0.05, 0.1) is 24.9 Å². The second-order valence-electron chi connectivity index (χ2n) is 8.39. The summed E-state index contributed by atoms with van der Waals surface area (Å²) in [4.78, 5) is 15.2. The number of hydrogen-bond donors (Lipinski definition) is 4. The van der Waals surface area contributed by atoms with Crippen molar-refractivity contribution in [2.45, 2.75) is 45.1 Å². The highest BCUT2D eigenvalue weighted by Crippen LogP contribution is 2.36. The first-order chi connectivity index (χ1) is 15.1. The summed E-state index contributed by atoms with van der Waals surface area (Å²) < 4.78 is 11.7. The van der Waals surface area contributed by atoms with E-state index in [0.717, 1.165) is 51.0 Å². The van der Waals surface area contributed by atoms with Crippen LogP contribution in [0.5, 0.6) is 11.5 Å². The molecule has 2 aliphatic heterocycles. The van der Waals surface area contributed by atoms with E-state index in [0.29, 0.717) is 49.8 Å². The van der Waals surface area contributed by atoms with Crippen LogP contribution in [-0.4, -0.2) is 79.7 Å². The second-order valence-corrected chi connectivity index (χ2v) is 8.39. The van der Waals surface area contributed by atoms with Gasteiger partial charge in [-0.15, -0.1) is 0 Å². The van der Waals surface area contributed by atoms with Crippen LogP contribution in [0.25, 0.3) is 0 Å². The Kier molecular flexibility index (Phi) is 9.24. The molecule has 3 rings (SSSR count).